The Kier molecular flexibility index (Phi) is 3.00. The molecule has 1 aliphatic rings. The number of carbonyl (C=O) groups excluding carboxylic acids is 1. The lowest BCUT2D eigenvalue weighted by atomic mass is 10.2. The van der Waals surface area contributed by atoms with Crippen molar-refractivity contribution in [2.45, 2.75) is 39.3 Å². The van der Waals surface area contributed by atoms with Crippen LogP contribution in [0.15, 0.2) is 12.2 Å². The summed E-state index contributed by atoms with van der Waals surface area (Å²) in [6.07, 6.45) is 2.51. The molecule has 1 aliphatic heterocycles. The maximum Gasteiger partial charge on any atom is 0.222 e. The third-order valence-corrected chi connectivity index (χ3v) is 1.50. The minimum Gasteiger partial charge on any atom is -0.343 e. The molecule has 1 rings (SSSR count). The molecule has 0 saturated heterocycles. The van der Waals surface area contributed by atoms with Gasteiger partial charge in [-0.2, -0.15) is 0 Å². The van der Waals surface area contributed by atoms with Crippen molar-refractivity contribution in [3.63, 3.8) is 0 Å². The lowest BCUT2D eigenvalue weighted by Crippen LogP contribution is -2.34. The molecule has 0 fully saturated rings. The van der Waals surface area contributed by atoms with Crippen molar-refractivity contribution in [1.29, 1.82) is 0 Å². The highest BCUT2D eigenvalue weighted by molar-refractivity contribution is 5.93. The molecular weight excluding hydrogens is 156 g/mol. The number of ether oxygens (including phenoxy) is 2. The number of hydrogen-bond donors (Lipinski definition) is 0. The summed E-state index contributed by atoms with van der Waals surface area (Å²) in [5, 5.41) is 0. The zero-order valence-electron chi connectivity index (χ0n) is 7.61. The Labute approximate surface area is 72.4 Å². The predicted octanol–water partition coefficient (Wildman–Crippen LogP) is 1.28. The molecule has 0 radical (unpaired) electrons. The van der Waals surface area contributed by atoms with Crippen molar-refractivity contribution in [2.24, 2.45) is 0 Å². The first kappa shape index (κ1) is 9.42. The van der Waals surface area contributed by atoms with Gasteiger partial charge in [-0.15, -0.1) is 0 Å². The Morgan fingerprint density at radius 1 is 1.58 bits per heavy atom. The number of hydrogen-bond acceptors (Lipinski definition) is 3. The van der Waals surface area contributed by atoms with Crippen LogP contribution in [0.25, 0.3) is 0 Å². The first-order chi connectivity index (χ1) is 5.59. The Balaban J connectivity index is 2.54. The highest BCUT2D eigenvalue weighted by Gasteiger charge is 2.24. The second-order valence-corrected chi connectivity index (χ2v) is 3.12. The molecule has 0 spiro atoms. The van der Waals surface area contributed by atoms with E-state index in [2.05, 4.69) is 0 Å². The fourth-order valence-electron chi connectivity index (χ4n) is 0.963. The van der Waals surface area contributed by atoms with Gasteiger partial charge in [-0.25, -0.2) is 0 Å². The van der Waals surface area contributed by atoms with Crippen LogP contribution in [-0.2, 0) is 14.3 Å². The average Bonchev–Trinajstić information content (AvgIpc) is 1.96. The molecule has 0 bridgehead atoms. The van der Waals surface area contributed by atoms with Gasteiger partial charge in [0.05, 0.1) is 12.2 Å². The normalized spacial score (nSPS) is 29.8. The minimum absolute atomic E-state index is 0.0117. The number of rotatable bonds is 2. The average molecular weight is 170 g/mol. The summed E-state index contributed by atoms with van der Waals surface area (Å²) < 4.78 is 10.5. The van der Waals surface area contributed by atoms with Gasteiger partial charge in [0.2, 0.25) is 12.1 Å². The van der Waals surface area contributed by atoms with Crippen LogP contribution in [0.2, 0.25) is 0 Å². The molecule has 3 heteroatoms. The Hall–Kier alpha value is -0.670. The van der Waals surface area contributed by atoms with Gasteiger partial charge in [-0.1, -0.05) is 6.08 Å². The molecule has 3 nitrogen and oxygen atoms in total. The predicted molar refractivity (Wildman–Crippen MR) is 44.7 cm³/mol. The summed E-state index contributed by atoms with van der Waals surface area (Å²) >= 11 is 0. The molecular formula is C9H14O3. The topological polar surface area (TPSA) is 35.5 Å². The Morgan fingerprint density at radius 3 is 2.83 bits per heavy atom. The third kappa shape index (κ3) is 2.43. The van der Waals surface area contributed by atoms with E-state index >= 15 is 0 Å². The molecule has 0 aliphatic carbocycles. The molecule has 0 unspecified atom stereocenters. The van der Waals surface area contributed by atoms with Crippen LogP contribution in [-0.4, -0.2) is 24.3 Å². The zero-order valence-corrected chi connectivity index (χ0v) is 7.61. The van der Waals surface area contributed by atoms with E-state index in [1.165, 1.54) is 6.08 Å². The standard InChI is InChI=1S/C9H14O3/c1-6(2)11-9-8(10)5-4-7(3)12-9/h4-7,9H,1-3H3/t7-,9+/m0/s1. The van der Waals surface area contributed by atoms with Crippen LogP contribution in [0, 0.1) is 0 Å². The second kappa shape index (κ2) is 3.83. The second-order valence-electron chi connectivity index (χ2n) is 3.12. The third-order valence-electron chi connectivity index (χ3n) is 1.50. The molecule has 0 saturated carbocycles. The molecule has 0 N–H and O–H groups in total. The van der Waals surface area contributed by atoms with Crippen LogP contribution in [0.3, 0.4) is 0 Å². The molecule has 0 aromatic heterocycles. The van der Waals surface area contributed by atoms with Gasteiger partial charge >= 0.3 is 0 Å². The van der Waals surface area contributed by atoms with E-state index in [-0.39, 0.29) is 18.0 Å². The van der Waals surface area contributed by atoms with Crippen molar-refractivity contribution >= 4 is 5.78 Å². The fraction of sp³-hybridized carbons (Fsp3) is 0.667. The van der Waals surface area contributed by atoms with Crippen LogP contribution in [0.4, 0.5) is 0 Å². The summed E-state index contributed by atoms with van der Waals surface area (Å²) in [7, 11) is 0. The van der Waals surface area contributed by atoms with E-state index in [0.29, 0.717) is 0 Å². The van der Waals surface area contributed by atoms with E-state index in [1.807, 2.05) is 20.8 Å². The zero-order chi connectivity index (χ0) is 9.14. The van der Waals surface area contributed by atoms with Gasteiger partial charge < -0.3 is 9.47 Å². The Morgan fingerprint density at radius 2 is 2.25 bits per heavy atom. The smallest absolute Gasteiger partial charge is 0.222 e. The molecule has 0 amide bonds. The van der Waals surface area contributed by atoms with Crippen LogP contribution < -0.4 is 0 Å². The van der Waals surface area contributed by atoms with E-state index < -0.39 is 6.29 Å². The summed E-state index contributed by atoms with van der Waals surface area (Å²) in [6.45, 7) is 5.62. The van der Waals surface area contributed by atoms with Crippen molar-refractivity contribution in [3.8, 4) is 0 Å². The summed E-state index contributed by atoms with van der Waals surface area (Å²) in [5.41, 5.74) is 0. The van der Waals surface area contributed by atoms with Gasteiger partial charge in [-0.05, 0) is 26.8 Å². The fourth-order valence-corrected chi connectivity index (χ4v) is 0.963. The summed E-state index contributed by atoms with van der Waals surface area (Å²) in [6, 6.07) is 0. The van der Waals surface area contributed by atoms with Crippen LogP contribution in [0.1, 0.15) is 20.8 Å². The van der Waals surface area contributed by atoms with Crippen molar-refractivity contribution in [3.05, 3.63) is 12.2 Å². The number of carbonyl (C=O) groups is 1. The largest absolute Gasteiger partial charge is 0.343 e. The first-order valence-corrected chi connectivity index (χ1v) is 4.12. The van der Waals surface area contributed by atoms with E-state index in [0.717, 1.165) is 0 Å². The van der Waals surface area contributed by atoms with E-state index in [9.17, 15) is 4.79 Å². The van der Waals surface area contributed by atoms with E-state index in [1.54, 1.807) is 6.08 Å². The first-order valence-electron chi connectivity index (χ1n) is 4.12. The quantitative estimate of drug-likeness (QED) is 0.626. The molecule has 1 heterocycles. The van der Waals surface area contributed by atoms with Crippen molar-refractivity contribution in [2.75, 3.05) is 0 Å². The highest BCUT2D eigenvalue weighted by Crippen LogP contribution is 2.11. The Bertz CT molecular complexity index is 196. The molecule has 0 aromatic rings. The summed E-state index contributed by atoms with van der Waals surface area (Å²) in [5.74, 6) is -0.109. The van der Waals surface area contributed by atoms with Crippen LogP contribution in [0.5, 0.6) is 0 Å². The lowest BCUT2D eigenvalue weighted by molar-refractivity contribution is -0.185. The lowest BCUT2D eigenvalue weighted by Gasteiger charge is -2.23. The van der Waals surface area contributed by atoms with Crippen LogP contribution >= 0.6 is 0 Å². The van der Waals surface area contributed by atoms with Gasteiger partial charge in [0.1, 0.15) is 0 Å². The molecule has 12 heavy (non-hydrogen) atoms. The molecule has 2 atom stereocenters. The number of ketones is 1. The molecule has 68 valence electrons. The maximum absolute atomic E-state index is 11.1. The van der Waals surface area contributed by atoms with E-state index in [4.69, 9.17) is 9.47 Å². The van der Waals surface area contributed by atoms with Crippen molar-refractivity contribution in [1.82, 2.24) is 0 Å². The monoisotopic (exact) mass is 170 g/mol. The maximum atomic E-state index is 11.1. The van der Waals surface area contributed by atoms with Gasteiger partial charge in [0.15, 0.2) is 0 Å². The van der Waals surface area contributed by atoms with Gasteiger partial charge in [-0.3, -0.25) is 4.79 Å². The molecule has 0 aromatic carbocycles. The summed E-state index contributed by atoms with van der Waals surface area (Å²) in [4.78, 5) is 11.1. The SMILES string of the molecule is CC(C)O[C@@H]1O[C@@H](C)C=CC1=O. The van der Waals surface area contributed by atoms with Crippen molar-refractivity contribution < 1.29 is 14.3 Å². The van der Waals surface area contributed by atoms with Gasteiger partial charge in [0.25, 0.3) is 0 Å². The van der Waals surface area contributed by atoms with Gasteiger partial charge in [0, 0.05) is 0 Å². The highest BCUT2D eigenvalue weighted by atomic mass is 16.7. The minimum atomic E-state index is -0.704.